The summed E-state index contributed by atoms with van der Waals surface area (Å²) in [7, 11) is 0. The highest BCUT2D eigenvalue weighted by Gasteiger charge is 2.28. The van der Waals surface area contributed by atoms with Gasteiger partial charge in [-0.1, -0.05) is 18.6 Å². The fourth-order valence-electron chi connectivity index (χ4n) is 2.89. The van der Waals surface area contributed by atoms with E-state index in [0.29, 0.717) is 21.4 Å². The second-order valence-electron chi connectivity index (χ2n) is 5.84. The molecule has 0 unspecified atom stereocenters. The van der Waals surface area contributed by atoms with Crippen molar-refractivity contribution in [3.8, 4) is 0 Å². The summed E-state index contributed by atoms with van der Waals surface area (Å²) >= 11 is 3.31. The minimum Gasteiger partial charge on any atom is -0.342 e. The van der Waals surface area contributed by atoms with E-state index in [1.807, 2.05) is 17.2 Å². The third kappa shape index (κ3) is 3.19. The SMILES string of the molecule is C=C1/C=C2/C(=O)N(c3cncc(Br)c3C=O)C=CN2CCCCC1. The quantitative estimate of drug-likeness (QED) is 0.724. The van der Waals surface area contributed by atoms with Gasteiger partial charge in [0.2, 0.25) is 0 Å². The van der Waals surface area contributed by atoms with Crippen molar-refractivity contribution in [3.63, 3.8) is 0 Å². The number of carbonyl (C=O) groups is 2. The average molecular weight is 388 g/mol. The molecule has 3 rings (SSSR count). The van der Waals surface area contributed by atoms with Crippen LogP contribution < -0.4 is 4.90 Å². The van der Waals surface area contributed by atoms with E-state index in [-0.39, 0.29) is 5.91 Å². The number of anilines is 1. The maximum atomic E-state index is 13.0. The predicted octanol–water partition coefficient (Wildman–Crippen LogP) is 3.79. The van der Waals surface area contributed by atoms with E-state index in [9.17, 15) is 9.59 Å². The molecule has 2 aliphatic heterocycles. The summed E-state index contributed by atoms with van der Waals surface area (Å²) in [5, 5.41) is 0. The predicted molar refractivity (Wildman–Crippen MR) is 96.3 cm³/mol. The van der Waals surface area contributed by atoms with Crippen LogP contribution in [-0.2, 0) is 4.79 Å². The van der Waals surface area contributed by atoms with Crippen molar-refractivity contribution in [2.75, 3.05) is 11.4 Å². The number of carbonyl (C=O) groups excluding carboxylic acids is 2. The van der Waals surface area contributed by atoms with Crippen LogP contribution in [0.2, 0.25) is 0 Å². The third-order valence-electron chi connectivity index (χ3n) is 4.18. The second-order valence-corrected chi connectivity index (χ2v) is 6.69. The number of pyridine rings is 1. The van der Waals surface area contributed by atoms with Gasteiger partial charge in [-0.3, -0.25) is 19.5 Å². The van der Waals surface area contributed by atoms with Crippen molar-refractivity contribution >= 4 is 33.8 Å². The summed E-state index contributed by atoms with van der Waals surface area (Å²) in [5.41, 5.74) is 2.40. The largest absolute Gasteiger partial charge is 0.342 e. The Hall–Kier alpha value is -2.21. The summed E-state index contributed by atoms with van der Waals surface area (Å²) < 4.78 is 0.562. The zero-order chi connectivity index (χ0) is 17.1. The molecule has 0 saturated heterocycles. The highest BCUT2D eigenvalue weighted by atomic mass is 79.9. The Morgan fingerprint density at radius 1 is 1.21 bits per heavy atom. The highest BCUT2D eigenvalue weighted by Crippen LogP contribution is 2.30. The Labute approximate surface area is 149 Å². The molecule has 0 saturated carbocycles. The molecule has 0 spiro atoms. The van der Waals surface area contributed by atoms with Gasteiger partial charge in [0.25, 0.3) is 5.91 Å². The van der Waals surface area contributed by atoms with E-state index in [1.165, 1.54) is 11.1 Å². The lowest BCUT2D eigenvalue weighted by molar-refractivity contribution is -0.116. The monoisotopic (exact) mass is 387 g/mol. The van der Waals surface area contributed by atoms with E-state index in [0.717, 1.165) is 44.1 Å². The van der Waals surface area contributed by atoms with Crippen molar-refractivity contribution in [2.45, 2.75) is 25.7 Å². The molecule has 124 valence electrons. The maximum absolute atomic E-state index is 13.0. The molecule has 1 aromatic heterocycles. The number of hydrogen-bond donors (Lipinski definition) is 0. The van der Waals surface area contributed by atoms with E-state index in [1.54, 1.807) is 12.4 Å². The number of rotatable bonds is 2. The standard InChI is InChI=1S/C18H18BrN3O2/c1-13-5-3-2-4-6-21-7-8-22(18(24)16(21)9-13)17-11-20-10-15(19)14(17)12-23/h7-12H,1-6H2/b16-9-. The zero-order valence-electron chi connectivity index (χ0n) is 13.2. The van der Waals surface area contributed by atoms with Gasteiger partial charge in [-0.2, -0.15) is 0 Å². The van der Waals surface area contributed by atoms with Crippen LogP contribution in [-0.4, -0.2) is 28.6 Å². The van der Waals surface area contributed by atoms with Gasteiger partial charge in [-0.25, -0.2) is 0 Å². The lowest BCUT2D eigenvalue weighted by atomic mass is 10.1. The van der Waals surface area contributed by atoms with Crippen molar-refractivity contribution in [3.05, 3.63) is 58.8 Å². The molecule has 0 aliphatic carbocycles. The molecule has 24 heavy (non-hydrogen) atoms. The van der Waals surface area contributed by atoms with Gasteiger partial charge in [-0.15, -0.1) is 0 Å². The van der Waals surface area contributed by atoms with Gasteiger partial charge >= 0.3 is 0 Å². The third-order valence-corrected chi connectivity index (χ3v) is 4.81. The van der Waals surface area contributed by atoms with Crippen molar-refractivity contribution in [1.82, 2.24) is 9.88 Å². The molecule has 0 bridgehead atoms. The second kappa shape index (κ2) is 7.13. The molecular weight excluding hydrogens is 370 g/mol. The number of nitrogens with zero attached hydrogens (tertiary/aromatic N) is 3. The highest BCUT2D eigenvalue weighted by molar-refractivity contribution is 9.10. The first-order valence-electron chi connectivity index (χ1n) is 7.88. The molecule has 2 aliphatic rings. The fourth-order valence-corrected chi connectivity index (χ4v) is 3.31. The van der Waals surface area contributed by atoms with E-state index in [4.69, 9.17) is 0 Å². The zero-order valence-corrected chi connectivity index (χ0v) is 14.8. The van der Waals surface area contributed by atoms with Crippen molar-refractivity contribution in [1.29, 1.82) is 0 Å². The Balaban J connectivity index is 2.04. The van der Waals surface area contributed by atoms with Crippen LogP contribution >= 0.6 is 15.9 Å². The average Bonchev–Trinajstić information content (AvgIpc) is 2.66. The van der Waals surface area contributed by atoms with Crippen molar-refractivity contribution < 1.29 is 9.59 Å². The van der Waals surface area contributed by atoms with Crippen LogP contribution in [0.1, 0.15) is 36.0 Å². The molecule has 0 fully saturated rings. The summed E-state index contributed by atoms with van der Waals surface area (Å²) in [6.45, 7) is 4.85. The summed E-state index contributed by atoms with van der Waals surface area (Å²) in [6.07, 6.45) is 13.3. The molecule has 0 N–H and O–H groups in total. The minimum absolute atomic E-state index is 0.177. The first-order chi connectivity index (χ1) is 11.6. The summed E-state index contributed by atoms with van der Waals surface area (Å²) in [4.78, 5) is 32.0. The number of fused-ring (bicyclic) bond motifs is 1. The van der Waals surface area contributed by atoms with Gasteiger partial charge in [0, 0.05) is 29.6 Å². The first-order valence-corrected chi connectivity index (χ1v) is 8.68. The van der Waals surface area contributed by atoms with Gasteiger partial charge in [0.05, 0.1) is 17.4 Å². The Kier molecular flexibility index (Phi) is 4.94. The molecule has 0 radical (unpaired) electrons. The van der Waals surface area contributed by atoms with E-state index < -0.39 is 0 Å². The molecule has 1 aromatic rings. The topological polar surface area (TPSA) is 53.5 Å². The molecule has 5 nitrogen and oxygen atoms in total. The first kappa shape index (κ1) is 16.6. The Morgan fingerprint density at radius 3 is 2.83 bits per heavy atom. The molecule has 6 heteroatoms. The maximum Gasteiger partial charge on any atom is 0.279 e. The summed E-state index contributed by atoms with van der Waals surface area (Å²) in [5.74, 6) is -0.177. The molecular formula is C18H18BrN3O2. The minimum atomic E-state index is -0.177. The molecule has 3 heterocycles. The van der Waals surface area contributed by atoms with Crippen LogP contribution in [0.4, 0.5) is 5.69 Å². The van der Waals surface area contributed by atoms with Gasteiger partial charge in [0.1, 0.15) is 5.70 Å². The normalized spacial score (nSPS) is 20.6. The number of allylic oxidation sites excluding steroid dienone is 2. The smallest absolute Gasteiger partial charge is 0.279 e. The van der Waals surface area contributed by atoms with Gasteiger partial charge in [-0.05, 0) is 41.3 Å². The van der Waals surface area contributed by atoms with E-state index >= 15 is 0 Å². The van der Waals surface area contributed by atoms with Crippen LogP contribution in [0.25, 0.3) is 0 Å². The lowest BCUT2D eigenvalue weighted by Crippen LogP contribution is -2.39. The van der Waals surface area contributed by atoms with Crippen LogP contribution in [0, 0.1) is 0 Å². The van der Waals surface area contributed by atoms with Gasteiger partial charge in [0.15, 0.2) is 6.29 Å². The number of aldehydes is 1. The Bertz CT molecular complexity index is 755. The van der Waals surface area contributed by atoms with Gasteiger partial charge < -0.3 is 4.90 Å². The van der Waals surface area contributed by atoms with E-state index in [2.05, 4.69) is 27.5 Å². The number of aromatic nitrogens is 1. The molecule has 1 amide bonds. The van der Waals surface area contributed by atoms with Crippen LogP contribution in [0.15, 0.2) is 53.2 Å². The lowest BCUT2D eigenvalue weighted by Gasteiger charge is -2.32. The van der Waals surface area contributed by atoms with Crippen molar-refractivity contribution in [2.24, 2.45) is 0 Å². The summed E-state index contributed by atoms with van der Waals surface area (Å²) in [6, 6.07) is 0. The fraction of sp³-hybridized carbons (Fsp3) is 0.278. The van der Waals surface area contributed by atoms with Crippen LogP contribution in [0.3, 0.4) is 0 Å². The Morgan fingerprint density at radius 2 is 2.04 bits per heavy atom. The van der Waals surface area contributed by atoms with Crippen LogP contribution in [0.5, 0.6) is 0 Å². The number of amides is 1. The molecule has 0 aromatic carbocycles. The number of hydrogen-bond acceptors (Lipinski definition) is 4. The number of halogens is 1. The molecule has 0 atom stereocenters.